The first-order chi connectivity index (χ1) is 6.79. The predicted molar refractivity (Wildman–Crippen MR) is 59.7 cm³/mol. The van der Waals surface area contributed by atoms with Crippen LogP contribution in [0.15, 0.2) is 3.92 Å². The Balaban J connectivity index is 1.96. The van der Waals surface area contributed by atoms with Crippen LogP contribution in [0.3, 0.4) is 0 Å². The SMILES string of the molecule is COC1CCCC1Nc1nnc(Br)s1. The van der Waals surface area contributed by atoms with Gasteiger partial charge in [0.1, 0.15) is 0 Å². The number of hydrogen-bond donors (Lipinski definition) is 1. The molecule has 14 heavy (non-hydrogen) atoms. The van der Waals surface area contributed by atoms with E-state index in [9.17, 15) is 0 Å². The molecule has 2 unspecified atom stereocenters. The molecule has 2 rings (SSSR count). The fraction of sp³-hybridized carbons (Fsp3) is 0.750. The highest BCUT2D eigenvalue weighted by molar-refractivity contribution is 9.11. The minimum absolute atomic E-state index is 0.317. The monoisotopic (exact) mass is 277 g/mol. The minimum Gasteiger partial charge on any atom is -0.379 e. The summed E-state index contributed by atoms with van der Waals surface area (Å²) in [7, 11) is 1.76. The summed E-state index contributed by atoms with van der Waals surface area (Å²) in [5.74, 6) is 0. The van der Waals surface area contributed by atoms with Gasteiger partial charge in [0.2, 0.25) is 5.13 Å². The van der Waals surface area contributed by atoms with Crippen LogP contribution in [0.5, 0.6) is 0 Å². The van der Waals surface area contributed by atoms with Crippen molar-refractivity contribution in [1.29, 1.82) is 0 Å². The van der Waals surface area contributed by atoms with E-state index in [1.54, 1.807) is 7.11 Å². The molecule has 1 N–H and O–H groups in total. The molecule has 4 nitrogen and oxygen atoms in total. The molecule has 78 valence electrons. The van der Waals surface area contributed by atoms with E-state index in [4.69, 9.17) is 4.74 Å². The number of rotatable bonds is 3. The van der Waals surface area contributed by atoms with Crippen LogP contribution >= 0.6 is 27.3 Å². The van der Waals surface area contributed by atoms with Crippen molar-refractivity contribution in [2.24, 2.45) is 0 Å². The highest BCUT2D eigenvalue weighted by Crippen LogP contribution is 2.27. The standard InChI is InChI=1S/C8H12BrN3OS/c1-13-6-4-2-3-5(6)10-8-12-11-7(9)14-8/h5-6H,2-4H2,1H3,(H,10,12). The zero-order valence-electron chi connectivity index (χ0n) is 7.86. The number of nitrogens with zero attached hydrogens (tertiary/aromatic N) is 2. The maximum atomic E-state index is 5.38. The van der Waals surface area contributed by atoms with Gasteiger partial charge in [0.25, 0.3) is 0 Å². The Bertz CT molecular complexity index is 307. The molecule has 2 atom stereocenters. The van der Waals surface area contributed by atoms with Gasteiger partial charge in [-0.2, -0.15) is 0 Å². The molecule has 6 heteroatoms. The smallest absolute Gasteiger partial charge is 0.206 e. The molecule has 1 saturated carbocycles. The van der Waals surface area contributed by atoms with Gasteiger partial charge < -0.3 is 10.1 Å². The quantitative estimate of drug-likeness (QED) is 0.921. The van der Waals surface area contributed by atoms with Gasteiger partial charge in [0.05, 0.1) is 12.1 Å². The van der Waals surface area contributed by atoms with E-state index in [-0.39, 0.29) is 0 Å². The molecule has 0 bridgehead atoms. The van der Waals surface area contributed by atoms with Crippen LogP contribution in [0.25, 0.3) is 0 Å². The number of ether oxygens (including phenoxy) is 1. The molecule has 1 fully saturated rings. The third-order valence-corrected chi connectivity index (χ3v) is 3.75. The van der Waals surface area contributed by atoms with Crippen molar-refractivity contribution in [3.63, 3.8) is 0 Å². The van der Waals surface area contributed by atoms with E-state index in [2.05, 4.69) is 31.4 Å². The lowest BCUT2D eigenvalue weighted by molar-refractivity contribution is 0.101. The molecule has 0 aliphatic heterocycles. The number of nitrogens with one attached hydrogen (secondary N) is 1. The van der Waals surface area contributed by atoms with Gasteiger partial charge in [-0.15, -0.1) is 10.2 Å². The first kappa shape index (κ1) is 10.3. The summed E-state index contributed by atoms with van der Waals surface area (Å²) in [5, 5.41) is 12.1. The average Bonchev–Trinajstić information content (AvgIpc) is 2.76. The first-order valence-electron chi connectivity index (χ1n) is 4.58. The molecule has 0 radical (unpaired) electrons. The van der Waals surface area contributed by atoms with Crippen molar-refractivity contribution in [2.75, 3.05) is 12.4 Å². The topological polar surface area (TPSA) is 47.0 Å². The highest BCUT2D eigenvalue weighted by atomic mass is 79.9. The Morgan fingerprint density at radius 3 is 3.00 bits per heavy atom. The van der Waals surface area contributed by atoms with Gasteiger partial charge in [-0.1, -0.05) is 11.3 Å². The van der Waals surface area contributed by atoms with Crippen LogP contribution in [-0.2, 0) is 4.74 Å². The van der Waals surface area contributed by atoms with Crippen molar-refractivity contribution >= 4 is 32.4 Å². The van der Waals surface area contributed by atoms with Crippen LogP contribution in [0.4, 0.5) is 5.13 Å². The van der Waals surface area contributed by atoms with Crippen LogP contribution in [0.2, 0.25) is 0 Å². The number of methoxy groups -OCH3 is 1. The molecule has 1 aromatic rings. The molecule has 1 aliphatic rings. The lowest BCUT2D eigenvalue weighted by atomic mass is 10.2. The Morgan fingerprint density at radius 1 is 1.50 bits per heavy atom. The van der Waals surface area contributed by atoms with Crippen molar-refractivity contribution in [2.45, 2.75) is 31.4 Å². The van der Waals surface area contributed by atoms with Gasteiger partial charge in [-0.05, 0) is 35.2 Å². The number of aromatic nitrogens is 2. The molecular formula is C8H12BrN3OS. The van der Waals surface area contributed by atoms with Crippen LogP contribution < -0.4 is 5.32 Å². The summed E-state index contributed by atoms with van der Waals surface area (Å²) >= 11 is 4.80. The molecule has 0 aromatic carbocycles. The zero-order valence-corrected chi connectivity index (χ0v) is 10.3. The van der Waals surface area contributed by atoms with E-state index in [1.807, 2.05) is 0 Å². The van der Waals surface area contributed by atoms with E-state index in [0.717, 1.165) is 21.9 Å². The number of halogens is 1. The fourth-order valence-corrected chi connectivity index (χ4v) is 2.87. The van der Waals surface area contributed by atoms with Crippen LogP contribution in [0, 0.1) is 0 Å². The molecule has 0 saturated heterocycles. The second-order valence-corrected chi connectivity index (χ2v) is 5.57. The molecular weight excluding hydrogens is 266 g/mol. The average molecular weight is 278 g/mol. The molecule has 1 aromatic heterocycles. The third-order valence-electron chi connectivity index (χ3n) is 2.46. The Hall–Kier alpha value is -0.200. The summed E-state index contributed by atoms with van der Waals surface area (Å²) in [6.45, 7) is 0. The fourth-order valence-electron chi connectivity index (χ4n) is 1.80. The molecule has 1 aliphatic carbocycles. The minimum atomic E-state index is 0.317. The van der Waals surface area contributed by atoms with Gasteiger partial charge >= 0.3 is 0 Å². The van der Waals surface area contributed by atoms with E-state index >= 15 is 0 Å². The van der Waals surface area contributed by atoms with Gasteiger partial charge in [-0.3, -0.25) is 0 Å². The third kappa shape index (κ3) is 2.24. The summed E-state index contributed by atoms with van der Waals surface area (Å²) < 4.78 is 6.20. The predicted octanol–water partition coefficient (Wildman–Crippen LogP) is 2.28. The lowest BCUT2D eigenvalue weighted by Crippen LogP contribution is -2.29. The normalized spacial score (nSPS) is 26.7. The Labute approximate surface area is 95.2 Å². The zero-order chi connectivity index (χ0) is 9.97. The largest absolute Gasteiger partial charge is 0.379 e. The summed E-state index contributed by atoms with van der Waals surface area (Å²) in [6, 6.07) is 0.389. The van der Waals surface area contributed by atoms with Crippen molar-refractivity contribution < 1.29 is 4.74 Å². The summed E-state index contributed by atoms with van der Waals surface area (Å²) in [5.41, 5.74) is 0. The van der Waals surface area contributed by atoms with Crippen molar-refractivity contribution in [3.8, 4) is 0 Å². The first-order valence-corrected chi connectivity index (χ1v) is 6.19. The van der Waals surface area contributed by atoms with E-state index < -0.39 is 0 Å². The maximum Gasteiger partial charge on any atom is 0.206 e. The molecule has 0 spiro atoms. The van der Waals surface area contributed by atoms with Gasteiger partial charge in [0, 0.05) is 7.11 Å². The van der Waals surface area contributed by atoms with E-state index in [1.165, 1.54) is 17.8 Å². The van der Waals surface area contributed by atoms with Crippen LogP contribution in [0.1, 0.15) is 19.3 Å². The van der Waals surface area contributed by atoms with Gasteiger partial charge in [0.15, 0.2) is 3.92 Å². The highest BCUT2D eigenvalue weighted by Gasteiger charge is 2.27. The summed E-state index contributed by atoms with van der Waals surface area (Å²) in [4.78, 5) is 0. The van der Waals surface area contributed by atoms with Crippen molar-refractivity contribution in [3.05, 3.63) is 3.92 Å². The second-order valence-electron chi connectivity index (χ2n) is 3.32. The van der Waals surface area contributed by atoms with Crippen molar-refractivity contribution in [1.82, 2.24) is 10.2 Å². The number of anilines is 1. The number of hydrogen-bond acceptors (Lipinski definition) is 5. The van der Waals surface area contributed by atoms with E-state index in [0.29, 0.717) is 12.1 Å². The van der Waals surface area contributed by atoms with Gasteiger partial charge in [-0.25, -0.2) is 0 Å². The maximum absolute atomic E-state index is 5.38. The Morgan fingerprint density at radius 2 is 2.36 bits per heavy atom. The lowest BCUT2D eigenvalue weighted by Gasteiger charge is -2.18. The molecule has 1 heterocycles. The van der Waals surface area contributed by atoms with Crippen LogP contribution in [-0.4, -0.2) is 29.5 Å². The Kier molecular flexibility index (Phi) is 3.35. The summed E-state index contributed by atoms with van der Waals surface area (Å²) in [6.07, 6.45) is 3.82. The second kappa shape index (κ2) is 4.55. The molecule has 0 amide bonds.